The molecule has 0 spiro atoms. The Morgan fingerprint density at radius 3 is 2.42 bits per heavy atom. The number of anilines is 1. The van der Waals surface area contributed by atoms with Crippen molar-refractivity contribution in [1.29, 1.82) is 0 Å². The maximum absolute atomic E-state index is 12.8. The number of hydrogen-bond acceptors (Lipinski definition) is 5. The molecule has 6 nitrogen and oxygen atoms in total. The van der Waals surface area contributed by atoms with Gasteiger partial charge in [-0.25, -0.2) is 4.98 Å². The molecule has 2 heterocycles. The lowest BCUT2D eigenvalue weighted by molar-refractivity contribution is -0.137. The van der Waals surface area contributed by atoms with Crippen LogP contribution in [0.25, 0.3) is 16.3 Å². The number of hydrogen-bond donors (Lipinski definition) is 1. The van der Waals surface area contributed by atoms with E-state index < -0.39 is 16.8 Å². The van der Waals surface area contributed by atoms with Crippen LogP contribution in [0.5, 0.6) is 0 Å². The van der Waals surface area contributed by atoms with Gasteiger partial charge in [0.05, 0.1) is 20.8 Å². The summed E-state index contributed by atoms with van der Waals surface area (Å²) in [7, 11) is 0. The Hall–Kier alpha value is -3.11. The molecular formula is C22H18ClF3N4O2S. The molecule has 11 heteroatoms. The Labute approximate surface area is 196 Å². The summed E-state index contributed by atoms with van der Waals surface area (Å²) in [5.74, 6) is -0.425. The highest BCUT2D eigenvalue weighted by molar-refractivity contribution is 7.22. The van der Waals surface area contributed by atoms with Crippen molar-refractivity contribution in [3.63, 3.8) is 0 Å². The number of nitrogens with zero attached hydrogens (tertiary/aromatic N) is 3. The number of aromatic nitrogens is 1. The predicted molar refractivity (Wildman–Crippen MR) is 122 cm³/mol. The molecule has 1 saturated heterocycles. The van der Waals surface area contributed by atoms with E-state index in [4.69, 9.17) is 17.3 Å². The number of benzene rings is 2. The number of piperazine rings is 1. The van der Waals surface area contributed by atoms with Crippen LogP contribution >= 0.6 is 22.9 Å². The van der Waals surface area contributed by atoms with Crippen molar-refractivity contribution in [3.05, 3.63) is 64.2 Å². The Morgan fingerprint density at radius 2 is 1.76 bits per heavy atom. The number of nitrogen functional groups attached to an aromatic ring is 1. The van der Waals surface area contributed by atoms with Crippen LogP contribution in [0.1, 0.15) is 21.5 Å². The van der Waals surface area contributed by atoms with Crippen molar-refractivity contribution < 1.29 is 22.8 Å². The van der Waals surface area contributed by atoms with E-state index in [0.29, 0.717) is 42.4 Å². The smallest absolute Gasteiger partial charge is 0.375 e. The molecule has 0 unspecified atom stereocenters. The molecule has 0 radical (unpaired) electrons. The van der Waals surface area contributed by atoms with Gasteiger partial charge in [0.1, 0.15) is 0 Å². The van der Waals surface area contributed by atoms with Gasteiger partial charge in [-0.15, -0.1) is 0 Å². The molecule has 4 rings (SSSR count). The molecule has 1 aliphatic rings. The van der Waals surface area contributed by atoms with Crippen LogP contribution in [-0.2, 0) is 11.0 Å². The van der Waals surface area contributed by atoms with Crippen LogP contribution in [-0.4, -0.2) is 52.8 Å². The highest BCUT2D eigenvalue weighted by atomic mass is 35.5. The first-order chi connectivity index (χ1) is 15.6. The topological polar surface area (TPSA) is 79.5 Å². The maximum atomic E-state index is 12.8. The summed E-state index contributed by atoms with van der Waals surface area (Å²) in [5, 5.41) is 0.0109. The van der Waals surface area contributed by atoms with Gasteiger partial charge in [-0.1, -0.05) is 29.0 Å². The summed E-state index contributed by atoms with van der Waals surface area (Å²) in [4.78, 5) is 32.8. The van der Waals surface area contributed by atoms with Crippen molar-refractivity contribution in [1.82, 2.24) is 14.8 Å². The zero-order valence-corrected chi connectivity index (χ0v) is 18.7. The number of nitrogens with two attached hydrogens (primary N) is 1. The van der Waals surface area contributed by atoms with Gasteiger partial charge in [0, 0.05) is 37.8 Å². The number of carbonyl (C=O) groups excluding carboxylic acids is 2. The molecule has 3 aromatic rings. The lowest BCUT2D eigenvalue weighted by Crippen LogP contribution is -2.50. The Balaban J connectivity index is 1.35. The minimum atomic E-state index is -4.54. The molecule has 0 atom stereocenters. The van der Waals surface area contributed by atoms with Gasteiger partial charge in [0.2, 0.25) is 5.91 Å². The number of thiazole rings is 1. The van der Waals surface area contributed by atoms with E-state index in [1.165, 1.54) is 35.6 Å². The maximum Gasteiger partial charge on any atom is 0.417 e. The van der Waals surface area contributed by atoms with Crippen molar-refractivity contribution in [3.8, 4) is 0 Å². The number of alkyl halides is 3. The lowest BCUT2D eigenvalue weighted by atomic mass is 10.1. The summed E-state index contributed by atoms with van der Waals surface area (Å²) in [6.07, 6.45) is -1.83. The fourth-order valence-electron chi connectivity index (χ4n) is 3.53. The molecule has 2 N–H and O–H groups in total. The third-order valence-electron chi connectivity index (χ3n) is 5.25. The van der Waals surface area contributed by atoms with Gasteiger partial charge >= 0.3 is 6.18 Å². The van der Waals surface area contributed by atoms with Crippen molar-refractivity contribution in [2.24, 2.45) is 0 Å². The SMILES string of the molecule is Nc1nc2ccc(C(=O)N3CCN(C(=O)/C=C/c4ccc(C(F)(F)F)c(Cl)c4)CC3)cc2s1. The Morgan fingerprint density at radius 1 is 1.06 bits per heavy atom. The first-order valence-corrected chi connectivity index (χ1v) is 11.1. The van der Waals surface area contributed by atoms with E-state index >= 15 is 0 Å². The highest BCUT2D eigenvalue weighted by Crippen LogP contribution is 2.35. The number of fused-ring (bicyclic) bond motifs is 1. The van der Waals surface area contributed by atoms with Crippen molar-refractivity contribution in [2.45, 2.75) is 6.18 Å². The Bertz CT molecular complexity index is 1250. The first-order valence-electron chi connectivity index (χ1n) is 9.91. The zero-order valence-electron chi connectivity index (χ0n) is 17.1. The fourth-order valence-corrected chi connectivity index (χ4v) is 4.60. The molecule has 1 aromatic heterocycles. The molecule has 1 aliphatic heterocycles. The first kappa shape index (κ1) is 23.1. The molecule has 2 aromatic carbocycles. The summed E-state index contributed by atoms with van der Waals surface area (Å²) < 4.78 is 39.3. The van der Waals surface area contributed by atoms with Crippen LogP contribution in [0.2, 0.25) is 5.02 Å². The molecule has 0 aliphatic carbocycles. The normalized spacial score (nSPS) is 14.9. The van der Waals surface area contributed by atoms with Gasteiger partial charge in [-0.3, -0.25) is 9.59 Å². The molecule has 172 valence electrons. The highest BCUT2D eigenvalue weighted by Gasteiger charge is 2.33. The van der Waals surface area contributed by atoms with Crippen LogP contribution in [0.3, 0.4) is 0 Å². The molecular weight excluding hydrogens is 477 g/mol. The number of halogens is 4. The second kappa shape index (κ2) is 9.03. The summed E-state index contributed by atoms with van der Waals surface area (Å²) in [5.41, 5.74) is 6.45. The molecule has 2 amide bonds. The molecule has 0 saturated carbocycles. The fraction of sp³-hybridized carbons (Fsp3) is 0.227. The second-order valence-electron chi connectivity index (χ2n) is 7.42. The van der Waals surface area contributed by atoms with E-state index in [-0.39, 0.29) is 11.8 Å². The Kier molecular flexibility index (Phi) is 6.31. The van der Waals surface area contributed by atoms with E-state index in [9.17, 15) is 22.8 Å². The van der Waals surface area contributed by atoms with E-state index in [1.807, 2.05) is 0 Å². The third-order valence-corrected chi connectivity index (χ3v) is 6.41. The minimum absolute atomic E-state index is 0.133. The average molecular weight is 495 g/mol. The van der Waals surface area contributed by atoms with Gasteiger partial charge in [0.25, 0.3) is 5.91 Å². The van der Waals surface area contributed by atoms with E-state index in [2.05, 4.69) is 4.98 Å². The summed E-state index contributed by atoms with van der Waals surface area (Å²) in [6.45, 7) is 1.43. The van der Waals surface area contributed by atoms with Gasteiger partial charge in [-0.2, -0.15) is 13.2 Å². The zero-order chi connectivity index (χ0) is 23.8. The van der Waals surface area contributed by atoms with E-state index in [0.717, 1.165) is 16.3 Å². The molecule has 0 bridgehead atoms. The summed E-state index contributed by atoms with van der Waals surface area (Å²) in [6, 6.07) is 8.53. The number of amides is 2. The standard InChI is InChI=1S/C22H18ClF3N4O2S/c23-16-11-13(1-4-15(16)22(24,25)26)2-6-19(31)29-7-9-30(10-8-29)20(32)14-3-5-17-18(12-14)33-21(27)28-17/h1-6,11-12H,7-10H2,(H2,27,28)/b6-2+. The molecule has 33 heavy (non-hydrogen) atoms. The largest absolute Gasteiger partial charge is 0.417 e. The van der Waals surface area contributed by atoms with Crippen LogP contribution in [0, 0.1) is 0 Å². The van der Waals surface area contributed by atoms with Gasteiger partial charge in [0.15, 0.2) is 5.13 Å². The second-order valence-corrected chi connectivity index (χ2v) is 8.89. The van der Waals surface area contributed by atoms with Crippen molar-refractivity contribution >= 4 is 56.2 Å². The minimum Gasteiger partial charge on any atom is -0.375 e. The predicted octanol–water partition coefficient (Wildman–Crippen LogP) is 4.55. The van der Waals surface area contributed by atoms with Gasteiger partial charge in [-0.05, 0) is 42.0 Å². The van der Waals surface area contributed by atoms with Crippen molar-refractivity contribution in [2.75, 3.05) is 31.9 Å². The lowest BCUT2D eigenvalue weighted by Gasteiger charge is -2.34. The quantitative estimate of drug-likeness (QED) is 0.542. The third kappa shape index (κ3) is 5.12. The van der Waals surface area contributed by atoms with Gasteiger partial charge < -0.3 is 15.5 Å². The average Bonchev–Trinajstić information content (AvgIpc) is 3.15. The van der Waals surface area contributed by atoms with Crippen LogP contribution in [0.4, 0.5) is 18.3 Å². The van der Waals surface area contributed by atoms with E-state index in [1.54, 1.807) is 28.0 Å². The monoisotopic (exact) mass is 494 g/mol. The number of rotatable bonds is 3. The number of carbonyl (C=O) groups is 2. The summed E-state index contributed by atoms with van der Waals surface area (Å²) >= 11 is 7.02. The van der Waals surface area contributed by atoms with Crippen LogP contribution < -0.4 is 5.73 Å². The molecule has 1 fully saturated rings. The van der Waals surface area contributed by atoms with Crippen LogP contribution in [0.15, 0.2) is 42.5 Å².